The number of fused-ring (bicyclic) bond motifs is 1. The summed E-state index contributed by atoms with van der Waals surface area (Å²) in [6.45, 7) is 14.0. The standard InChI is InChI=1S/C18H29N3O2SSi/c1-18(2,3)24(22)20-12-15-7-8-16-17(11-15)21(13-19-16)14-23-9-10-25(4,5)6/h7-8,11-13H,9-10,14H2,1-6H3/b20-12+. The second kappa shape index (κ2) is 8.03. The van der Waals surface area contributed by atoms with Crippen molar-refractivity contribution >= 4 is 36.7 Å². The zero-order valence-corrected chi connectivity index (χ0v) is 17.9. The molecule has 0 aliphatic carbocycles. The summed E-state index contributed by atoms with van der Waals surface area (Å²) in [7, 11) is -1.08. The Kier molecular flexibility index (Phi) is 6.48. The normalized spacial score (nSPS) is 14.5. The van der Waals surface area contributed by atoms with E-state index in [0.717, 1.165) is 29.2 Å². The number of benzene rings is 1. The number of rotatable bonds is 7. The first-order chi connectivity index (χ1) is 11.6. The lowest BCUT2D eigenvalue weighted by atomic mass is 10.2. The summed E-state index contributed by atoms with van der Waals surface area (Å²) < 4.78 is 23.7. The van der Waals surface area contributed by atoms with E-state index in [1.165, 1.54) is 0 Å². The number of hydrogen-bond donors (Lipinski definition) is 0. The zero-order valence-electron chi connectivity index (χ0n) is 16.1. The van der Waals surface area contributed by atoms with Crippen molar-refractivity contribution in [3.63, 3.8) is 0 Å². The molecule has 1 heterocycles. The summed E-state index contributed by atoms with van der Waals surface area (Å²) in [4.78, 5) is 4.41. The molecule has 0 saturated heterocycles. The van der Waals surface area contributed by atoms with Crippen LogP contribution in [0.25, 0.3) is 11.0 Å². The molecule has 0 radical (unpaired) electrons. The van der Waals surface area contributed by atoms with Crippen LogP contribution in [0.5, 0.6) is 0 Å². The molecule has 25 heavy (non-hydrogen) atoms. The van der Waals surface area contributed by atoms with E-state index >= 15 is 0 Å². The maximum atomic E-state index is 12.1. The van der Waals surface area contributed by atoms with Gasteiger partial charge in [0.2, 0.25) is 0 Å². The third-order valence-electron chi connectivity index (χ3n) is 3.69. The fourth-order valence-electron chi connectivity index (χ4n) is 2.07. The summed E-state index contributed by atoms with van der Waals surface area (Å²) in [5.41, 5.74) is 2.83. The SMILES string of the molecule is CC(C)(C)[S+]([O-])/N=C/c1ccc2ncn(COCC[Si](C)(C)C)c2c1. The number of aromatic nitrogens is 2. The molecule has 0 aliphatic heterocycles. The van der Waals surface area contributed by atoms with E-state index in [1.807, 2.05) is 43.5 Å². The highest BCUT2D eigenvalue weighted by atomic mass is 32.2. The maximum absolute atomic E-state index is 12.1. The van der Waals surface area contributed by atoms with Crippen molar-refractivity contribution in [1.29, 1.82) is 0 Å². The highest BCUT2D eigenvalue weighted by Gasteiger charge is 2.25. The van der Waals surface area contributed by atoms with Gasteiger partial charge < -0.3 is 13.9 Å². The van der Waals surface area contributed by atoms with Crippen LogP contribution in [0.3, 0.4) is 0 Å². The predicted octanol–water partition coefficient (Wildman–Crippen LogP) is 4.23. The molecule has 1 aromatic heterocycles. The van der Waals surface area contributed by atoms with Gasteiger partial charge in [0.1, 0.15) is 22.8 Å². The summed E-state index contributed by atoms with van der Waals surface area (Å²) in [5, 5.41) is 0. The number of hydrogen-bond acceptors (Lipinski definition) is 4. The minimum absolute atomic E-state index is 0.355. The topological polar surface area (TPSA) is 62.5 Å². The maximum Gasteiger partial charge on any atom is 0.144 e. The average molecular weight is 380 g/mol. The Morgan fingerprint density at radius 3 is 2.68 bits per heavy atom. The largest absolute Gasteiger partial charge is 0.591 e. The average Bonchev–Trinajstić information content (AvgIpc) is 2.89. The Bertz CT molecular complexity index is 732. The van der Waals surface area contributed by atoms with Crippen LogP contribution in [0.2, 0.25) is 25.7 Å². The molecule has 5 nitrogen and oxygen atoms in total. The molecule has 0 saturated carbocycles. The van der Waals surface area contributed by atoms with E-state index in [-0.39, 0.29) is 4.75 Å². The van der Waals surface area contributed by atoms with Gasteiger partial charge in [0.05, 0.1) is 23.6 Å². The van der Waals surface area contributed by atoms with E-state index in [0.29, 0.717) is 6.73 Å². The lowest BCUT2D eigenvalue weighted by Crippen LogP contribution is -2.25. The van der Waals surface area contributed by atoms with E-state index < -0.39 is 19.4 Å². The second-order valence-electron chi connectivity index (χ2n) is 8.41. The summed E-state index contributed by atoms with van der Waals surface area (Å²) in [5.74, 6) is 0. The van der Waals surface area contributed by atoms with Gasteiger partial charge in [-0.2, -0.15) is 0 Å². The highest BCUT2D eigenvalue weighted by Crippen LogP contribution is 2.18. The van der Waals surface area contributed by atoms with Crippen LogP contribution >= 0.6 is 0 Å². The molecule has 1 atom stereocenters. The molecular formula is C18H29N3O2SSi. The van der Waals surface area contributed by atoms with Crippen molar-refractivity contribution in [2.24, 2.45) is 4.40 Å². The lowest BCUT2D eigenvalue weighted by molar-refractivity contribution is 0.0898. The molecule has 7 heteroatoms. The number of nitrogens with zero attached hydrogens (tertiary/aromatic N) is 3. The fraction of sp³-hybridized carbons (Fsp3) is 0.556. The number of ether oxygens (including phenoxy) is 1. The number of imidazole rings is 1. The third-order valence-corrected chi connectivity index (χ3v) is 6.74. The molecule has 1 unspecified atom stereocenters. The Morgan fingerprint density at radius 1 is 1.32 bits per heavy atom. The molecule has 0 amide bonds. The van der Waals surface area contributed by atoms with Crippen LogP contribution in [0.15, 0.2) is 28.9 Å². The van der Waals surface area contributed by atoms with Gasteiger partial charge in [-0.25, -0.2) is 4.98 Å². The Hall–Kier alpha value is -1.15. The van der Waals surface area contributed by atoms with Gasteiger partial charge in [0.25, 0.3) is 0 Å². The third kappa shape index (κ3) is 6.25. The fourth-order valence-corrected chi connectivity index (χ4v) is 3.36. The van der Waals surface area contributed by atoms with Crippen molar-refractivity contribution in [3.05, 3.63) is 30.1 Å². The van der Waals surface area contributed by atoms with Crippen LogP contribution in [-0.4, -0.2) is 39.7 Å². The van der Waals surface area contributed by atoms with Crippen molar-refractivity contribution in [1.82, 2.24) is 9.55 Å². The van der Waals surface area contributed by atoms with Gasteiger partial charge in [-0.3, -0.25) is 0 Å². The summed E-state index contributed by atoms with van der Waals surface area (Å²) in [6.07, 6.45) is 3.47. The molecule has 0 N–H and O–H groups in total. The van der Waals surface area contributed by atoms with Gasteiger partial charge in [0.15, 0.2) is 0 Å². The van der Waals surface area contributed by atoms with Crippen LogP contribution in [0.1, 0.15) is 26.3 Å². The molecule has 2 rings (SSSR count). The van der Waals surface area contributed by atoms with E-state index in [2.05, 4.69) is 29.0 Å². The van der Waals surface area contributed by atoms with E-state index in [1.54, 1.807) is 12.5 Å². The molecular weight excluding hydrogens is 350 g/mol. The van der Waals surface area contributed by atoms with Crippen molar-refractivity contribution < 1.29 is 9.29 Å². The monoisotopic (exact) mass is 379 g/mol. The molecule has 138 valence electrons. The van der Waals surface area contributed by atoms with Gasteiger partial charge in [-0.1, -0.05) is 30.1 Å². The first-order valence-corrected chi connectivity index (χ1v) is 13.4. The van der Waals surface area contributed by atoms with Crippen molar-refractivity contribution in [2.45, 2.75) is 57.9 Å². The molecule has 1 aromatic carbocycles. The summed E-state index contributed by atoms with van der Waals surface area (Å²) >= 11 is -1.26. The lowest BCUT2D eigenvalue weighted by Gasteiger charge is -2.17. The van der Waals surface area contributed by atoms with Gasteiger partial charge in [-0.15, -0.1) is 0 Å². The molecule has 2 aromatic rings. The van der Waals surface area contributed by atoms with Gasteiger partial charge in [0, 0.05) is 14.7 Å². The second-order valence-corrected chi connectivity index (χ2v) is 16.0. The zero-order chi connectivity index (χ0) is 18.7. The predicted molar refractivity (Wildman–Crippen MR) is 109 cm³/mol. The van der Waals surface area contributed by atoms with Crippen LogP contribution in [-0.2, 0) is 22.8 Å². The molecule has 0 fully saturated rings. The quantitative estimate of drug-likeness (QED) is 0.313. The van der Waals surface area contributed by atoms with Gasteiger partial charge in [-0.05, 0) is 44.5 Å². The van der Waals surface area contributed by atoms with Crippen LogP contribution < -0.4 is 0 Å². The van der Waals surface area contributed by atoms with Gasteiger partial charge >= 0.3 is 0 Å². The smallest absolute Gasteiger partial charge is 0.144 e. The van der Waals surface area contributed by atoms with Crippen molar-refractivity contribution in [3.8, 4) is 0 Å². The van der Waals surface area contributed by atoms with E-state index in [4.69, 9.17) is 4.74 Å². The van der Waals surface area contributed by atoms with Crippen molar-refractivity contribution in [2.75, 3.05) is 6.61 Å². The molecule has 0 bridgehead atoms. The first kappa shape index (κ1) is 20.2. The van der Waals surface area contributed by atoms with E-state index in [9.17, 15) is 4.55 Å². The highest BCUT2D eigenvalue weighted by molar-refractivity contribution is 7.91. The first-order valence-electron chi connectivity index (χ1n) is 8.55. The Morgan fingerprint density at radius 2 is 2.04 bits per heavy atom. The minimum atomic E-state index is -1.26. The Balaban J connectivity index is 2.07. The summed E-state index contributed by atoms with van der Waals surface area (Å²) in [6, 6.07) is 7.05. The van der Waals surface area contributed by atoms with Crippen LogP contribution in [0, 0.1) is 0 Å². The van der Waals surface area contributed by atoms with Crippen LogP contribution in [0.4, 0.5) is 0 Å². The molecule has 0 aliphatic rings. The molecule has 0 spiro atoms. The Labute approximate surface area is 154 Å². The minimum Gasteiger partial charge on any atom is -0.591 e.